The zero-order chi connectivity index (χ0) is 11.5. The van der Waals surface area contributed by atoms with Crippen LogP contribution in [0.4, 0.5) is 0 Å². The summed E-state index contributed by atoms with van der Waals surface area (Å²) in [6.07, 6.45) is 0. The van der Waals surface area contributed by atoms with Crippen molar-refractivity contribution in [1.29, 1.82) is 0 Å². The molecule has 1 rings (SSSR count). The van der Waals surface area contributed by atoms with E-state index in [1.807, 2.05) is 0 Å². The fourth-order valence-electron chi connectivity index (χ4n) is 0.850. The Morgan fingerprint density at radius 3 is 2.80 bits per heavy atom. The maximum absolute atomic E-state index is 11.5. The predicted molar refractivity (Wildman–Crippen MR) is 62.1 cm³/mol. The van der Waals surface area contributed by atoms with E-state index in [0.717, 1.165) is 3.79 Å². The minimum Gasteiger partial charge on any atom is -0.393 e. The molecule has 0 aliphatic carbocycles. The molecule has 0 aromatic carbocycles. The van der Waals surface area contributed by atoms with Crippen LogP contribution < -0.4 is 5.32 Å². The third-order valence-electron chi connectivity index (χ3n) is 1.77. The molecule has 84 valence electrons. The van der Waals surface area contributed by atoms with E-state index in [4.69, 9.17) is 5.11 Å². The Bertz CT molecular complexity index is 351. The quantitative estimate of drug-likeness (QED) is 0.775. The van der Waals surface area contributed by atoms with Gasteiger partial charge in [0, 0.05) is 6.54 Å². The van der Waals surface area contributed by atoms with Crippen molar-refractivity contribution in [2.45, 2.75) is 12.5 Å². The van der Waals surface area contributed by atoms with Crippen molar-refractivity contribution in [2.24, 2.45) is 0 Å². The Morgan fingerprint density at radius 1 is 1.67 bits per heavy atom. The molecule has 0 aliphatic rings. The first-order chi connectivity index (χ1) is 6.94. The second-order valence-electron chi connectivity index (χ2n) is 3.44. The second-order valence-corrected chi connectivity index (χ2v) is 5.90. The number of carbonyl (C=O) groups is 1. The van der Waals surface area contributed by atoms with Crippen molar-refractivity contribution >= 4 is 33.2 Å². The average Bonchev–Trinajstić information content (AvgIpc) is 2.61. The molecular weight excluding hydrogens is 282 g/mol. The lowest BCUT2D eigenvalue weighted by molar-refractivity contribution is 0.00323. The average molecular weight is 294 g/mol. The van der Waals surface area contributed by atoms with Gasteiger partial charge in [0.1, 0.15) is 5.60 Å². The van der Waals surface area contributed by atoms with E-state index in [9.17, 15) is 9.90 Å². The van der Waals surface area contributed by atoms with Crippen molar-refractivity contribution in [3.63, 3.8) is 0 Å². The van der Waals surface area contributed by atoms with Gasteiger partial charge in [-0.2, -0.15) is 0 Å². The fraction of sp³-hybridized carbons (Fsp3) is 0.444. The predicted octanol–water partition coefficient (Wildman–Crippen LogP) is 0.984. The Labute approximate surface area is 100 Å². The van der Waals surface area contributed by atoms with Crippen LogP contribution in [-0.2, 0) is 0 Å². The number of hydrogen-bond acceptors (Lipinski definition) is 4. The topological polar surface area (TPSA) is 69.6 Å². The van der Waals surface area contributed by atoms with Gasteiger partial charge in [-0.15, -0.1) is 11.3 Å². The molecule has 0 fully saturated rings. The van der Waals surface area contributed by atoms with Crippen LogP contribution in [0.2, 0.25) is 0 Å². The molecular formula is C9H12BrNO3S. The first kappa shape index (κ1) is 12.6. The number of nitrogens with one attached hydrogen (secondary N) is 1. The van der Waals surface area contributed by atoms with Gasteiger partial charge in [0.25, 0.3) is 5.91 Å². The van der Waals surface area contributed by atoms with Gasteiger partial charge in [0.2, 0.25) is 0 Å². The van der Waals surface area contributed by atoms with Crippen molar-refractivity contribution in [3.8, 4) is 0 Å². The third-order valence-corrected chi connectivity index (χ3v) is 3.39. The first-order valence-electron chi connectivity index (χ1n) is 4.31. The number of aliphatic hydroxyl groups is 2. The van der Waals surface area contributed by atoms with E-state index in [0.29, 0.717) is 4.88 Å². The summed E-state index contributed by atoms with van der Waals surface area (Å²) in [7, 11) is 0. The minimum atomic E-state index is -1.27. The van der Waals surface area contributed by atoms with Crippen molar-refractivity contribution in [1.82, 2.24) is 5.32 Å². The van der Waals surface area contributed by atoms with E-state index in [-0.39, 0.29) is 19.1 Å². The summed E-state index contributed by atoms with van der Waals surface area (Å²) in [6.45, 7) is 1.09. The molecule has 6 heteroatoms. The Kier molecular flexibility index (Phi) is 4.27. The molecule has 1 heterocycles. The zero-order valence-corrected chi connectivity index (χ0v) is 10.6. The lowest BCUT2D eigenvalue weighted by Gasteiger charge is -2.20. The number of amides is 1. The summed E-state index contributed by atoms with van der Waals surface area (Å²) in [5, 5.41) is 20.8. The number of carbonyl (C=O) groups excluding carboxylic acids is 1. The number of halogens is 1. The molecule has 1 unspecified atom stereocenters. The lowest BCUT2D eigenvalue weighted by Crippen LogP contribution is -2.43. The van der Waals surface area contributed by atoms with Crippen LogP contribution in [0.25, 0.3) is 0 Å². The summed E-state index contributed by atoms with van der Waals surface area (Å²) in [5.41, 5.74) is -1.27. The monoisotopic (exact) mass is 293 g/mol. The summed E-state index contributed by atoms with van der Waals surface area (Å²) in [6, 6.07) is 3.47. The Hall–Kier alpha value is -0.430. The van der Waals surface area contributed by atoms with Crippen molar-refractivity contribution < 1.29 is 15.0 Å². The molecule has 0 saturated carbocycles. The molecule has 1 amide bonds. The Balaban J connectivity index is 2.50. The van der Waals surface area contributed by atoms with Gasteiger partial charge in [-0.05, 0) is 35.0 Å². The molecule has 3 N–H and O–H groups in total. The van der Waals surface area contributed by atoms with E-state index >= 15 is 0 Å². The molecule has 1 aromatic rings. The third kappa shape index (κ3) is 3.90. The van der Waals surface area contributed by atoms with Crippen LogP contribution in [0.3, 0.4) is 0 Å². The number of thiophene rings is 1. The highest BCUT2D eigenvalue weighted by molar-refractivity contribution is 9.11. The molecule has 0 radical (unpaired) electrons. The molecule has 0 aliphatic heterocycles. The zero-order valence-electron chi connectivity index (χ0n) is 8.16. The van der Waals surface area contributed by atoms with E-state index < -0.39 is 5.60 Å². The highest BCUT2D eigenvalue weighted by atomic mass is 79.9. The van der Waals surface area contributed by atoms with Gasteiger partial charge in [-0.25, -0.2) is 0 Å². The van der Waals surface area contributed by atoms with E-state index in [2.05, 4.69) is 21.2 Å². The maximum Gasteiger partial charge on any atom is 0.261 e. The van der Waals surface area contributed by atoms with E-state index in [1.54, 1.807) is 12.1 Å². The molecule has 15 heavy (non-hydrogen) atoms. The van der Waals surface area contributed by atoms with Crippen LogP contribution >= 0.6 is 27.3 Å². The Morgan fingerprint density at radius 2 is 2.33 bits per heavy atom. The molecule has 0 saturated heterocycles. The molecule has 4 nitrogen and oxygen atoms in total. The van der Waals surface area contributed by atoms with Gasteiger partial charge < -0.3 is 15.5 Å². The van der Waals surface area contributed by atoms with Gasteiger partial charge in [-0.1, -0.05) is 0 Å². The van der Waals surface area contributed by atoms with Crippen LogP contribution in [-0.4, -0.2) is 34.9 Å². The summed E-state index contributed by atoms with van der Waals surface area (Å²) >= 11 is 4.57. The SMILES string of the molecule is CC(O)(CO)CNC(=O)c1ccc(Br)s1. The lowest BCUT2D eigenvalue weighted by atomic mass is 10.1. The standard InChI is InChI=1S/C9H12BrNO3S/c1-9(14,5-12)4-11-8(13)6-2-3-7(10)15-6/h2-3,12,14H,4-5H2,1H3,(H,11,13). The molecule has 0 spiro atoms. The van der Waals surface area contributed by atoms with Crippen LogP contribution in [0.5, 0.6) is 0 Å². The van der Waals surface area contributed by atoms with Gasteiger partial charge in [0.05, 0.1) is 15.3 Å². The number of aliphatic hydroxyl groups excluding tert-OH is 1. The second kappa shape index (κ2) is 5.07. The van der Waals surface area contributed by atoms with Crippen molar-refractivity contribution in [3.05, 3.63) is 20.8 Å². The van der Waals surface area contributed by atoms with Crippen LogP contribution in [0.15, 0.2) is 15.9 Å². The van der Waals surface area contributed by atoms with Gasteiger partial charge in [0.15, 0.2) is 0 Å². The highest BCUT2D eigenvalue weighted by Gasteiger charge is 2.20. The highest BCUT2D eigenvalue weighted by Crippen LogP contribution is 2.21. The van der Waals surface area contributed by atoms with Crippen molar-refractivity contribution in [2.75, 3.05) is 13.2 Å². The summed E-state index contributed by atoms with van der Waals surface area (Å²) in [5.74, 6) is -0.251. The minimum absolute atomic E-state index is 0.0256. The summed E-state index contributed by atoms with van der Waals surface area (Å²) < 4.78 is 0.876. The summed E-state index contributed by atoms with van der Waals surface area (Å²) in [4.78, 5) is 12.1. The van der Waals surface area contributed by atoms with Crippen LogP contribution in [0.1, 0.15) is 16.6 Å². The van der Waals surface area contributed by atoms with Gasteiger partial charge >= 0.3 is 0 Å². The maximum atomic E-state index is 11.5. The fourth-order valence-corrected chi connectivity index (χ4v) is 2.15. The van der Waals surface area contributed by atoms with Gasteiger partial charge in [-0.3, -0.25) is 4.79 Å². The molecule has 0 bridgehead atoms. The normalized spacial score (nSPS) is 14.7. The van der Waals surface area contributed by atoms with Crippen LogP contribution in [0, 0.1) is 0 Å². The molecule has 1 aromatic heterocycles. The largest absolute Gasteiger partial charge is 0.393 e. The van der Waals surface area contributed by atoms with E-state index in [1.165, 1.54) is 18.3 Å². The number of rotatable bonds is 4. The first-order valence-corrected chi connectivity index (χ1v) is 5.92. The smallest absolute Gasteiger partial charge is 0.261 e. The molecule has 1 atom stereocenters. The number of hydrogen-bond donors (Lipinski definition) is 3.